The van der Waals surface area contributed by atoms with Gasteiger partial charge in [0, 0.05) is 12.1 Å². The average molecular weight is 351 g/mol. The van der Waals surface area contributed by atoms with Crippen LogP contribution in [0, 0.1) is 0 Å². The first kappa shape index (κ1) is 18.7. The molecule has 0 aliphatic carbocycles. The fraction of sp³-hybridized carbons (Fsp3) is 0.435. The molecular formula is C23H30N2O. The number of amides is 1. The minimum atomic E-state index is 0.158. The Hall–Kier alpha value is -2.13. The highest BCUT2D eigenvalue weighted by Gasteiger charge is 2.26. The van der Waals surface area contributed by atoms with E-state index in [4.69, 9.17) is 0 Å². The summed E-state index contributed by atoms with van der Waals surface area (Å²) in [6.45, 7) is 3.66. The average Bonchev–Trinajstić information content (AvgIpc) is 3.08. The first-order valence-corrected chi connectivity index (χ1v) is 9.82. The van der Waals surface area contributed by atoms with Gasteiger partial charge >= 0.3 is 0 Å². The van der Waals surface area contributed by atoms with Crippen molar-refractivity contribution < 1.29 is 4.79 Å². The van der Waals surface area contributed by atoms with E-state index in [1.165, 1.54) is 24.0 Å². The van der Waals surface area contributed by atoms with Gasteiger partial charge in [0.25, 0.3) is 0 Å². The molecule has 1 saturated heterocycles. The zero-order chi connectivity index (χ0) is 18.2. The number of hydrogen-bond donors (Lipinski definition) is 1. The Bertz CT molecular complexity index is 671. The largest absolute Gasteiger partial charge is 0.353 e. The van der Waals surface area contributed by atoms with Crippen molar-refractivity contribution in [2.45, 2.75) is 51.1 Å². The number of carbonyl (C=O) groups is 1. The summed E-state index contributed by atoms with van der Waals surface area (Å²) < 4.78 is 0. The fourth-order valence-electron chi connectivity index (χ4n) is 3.83. The fourth-order valence-corrected chi connectivity index (χ4v) is 3.83. The van der Waals surface area contributed by atoms with Crippen LogP contribution in [0.5, 0.6) is 0 Å². The van der Waals surface area contributed by atoms with Crippen molar-refractivity contribution in [2.75, 3.05) is 13.1 Å². The molecule has 1 amide bonds. The number of nitrogens with zero attached hydrogens (tertiary/aromatic N) is 1. The number of carbonyl (C=O) groups excluding carboxylic acids is 1. The molecule has 1 fully saturated rings. The molecule has 1 aliphatic heterocycles. The molecule has 3 heteroatoms. The summed E-state index contributed by atoms with van der Waals surface area (Å²) >= 11 is 0. The Labute approximate surface area is 157 Å². The lowest BCUT2D eigenvalue weighted by Crippen LogP contribution is -2.43. The molecule has 2 aromatic carbocycles. The number of benzene rings is 2. The van der Waals surface area contributed by atoms with E-state index in [0.29, 0.717) is 12.6 Å². The van der Waals surface area contributed by atoms with Crippen LogP contribution in [0.15, 0.2) is 60.7 Å². The van der Waals surface area contributed by atoms with E-state index < -0.39 is 0 Å². The number of aryl methyl sites for hydroxylation is 1. The quantitative estimate of drug-likeness (QED) is 0.785. The second-order valence-electron chi connectivity index (χ2n) is 7.45. The topological polar surface area (TPSA) is 32.3 Å². The summed E-state index contributed by atoms with van der Waals surface area (Å²) in [5.74, 6) is 0.158. The third kappa shape index (κ3) is 5.70. The van der Waals surface area contributed by atoms with Crippen LogP contribution < -0.4 is 5.32 Å². The molecule has 0 radical (unpaired) electrons. The Morgan fingerprint density at radius 2 is 1.73 bits per heavy atom. The minimum Gasteiger partial charge on any atom is -0.353 e. The third-order valence-corrected chi connectivity index (χ3v) is 5.28. The first-order chi connectivity index (χ1) is 12.7. The van der Waals surface area contributed by atoms with Crippen LogP contribution in [-0.4, -0.2) is 36.0 Å². The molecule has 3 rings (SSSR count). The van der Waals surface area contributed by atoms with E-state index in [-0.39, 0.29) is 11.9 Å². The van der Waals surface area contributed by atoms with Gasteiger partial charge in [-0.15, -0.1) is 0 Å². The molecule has 0 spiro atoms. The van der Waals surface area contributed by atoms with Crippen molar-refractivity contribution in [2.24, 2.45) is 0 Å². The Morgan fingerprint density at radius 3 is 2.42 bits per heavy atom. The van der Waals surface area contributed by atoms with Crippen molar-refractivity contribution in [1.82, 2.24) is 10.2 Å². The summed E-state index contributed by atoms with van der Waals surface area (Å²) in [5, 5.41) is 3.18. The molecule has 2 aromatic rings. The predicted molar refractivity (Wildman–Crippen MR) is 107 cm³/mol. The zero-order valence-electron chi connectivity index (χ0n) is 15.7. The van der Waals surface area contributed by atoms with Crippen LogP contribution in [0.3, 0.4) is 0 Å². The standard InChI is InChI=1S/C23H30N2O/c1-19(14-15-20-9-4-2-5-10-20)24-23(26)18-25-16-8-13-22(25)17-21-11-6-3-7-12-21/h2-7,9-12,19,22H,8,13-18H2,1H3,(H,24,26)/t19-,22-/m1/s1. The van der Waals surface area contributed by atoms with Crippen LogP contribution in [0.2, 0.25) is 0 Å². The van der Waals surface area contributed by atoms with Gasteiger partial charge in [0.15, 0.2) is 0 Å². The van der Waals surface area contributed by atoms with Crippen molar-refractivity contribution in [1.29, 1.82) is 0 Å². The van der Waals surface area contributed by atoms with Gasteiger partial charge in [-0.3, -0.25) is 9.69 Å². The molecule has 138 valence electrons. The van der Waals surface area contributed by atoms with Gasteiger partial charge in [-0.05, 0) is 56.7 Å². The molecule has 1 aliphatic rings. The van der Waals surface area contributed by atoms with Gasteiger partial charge in [-0.1, -0.05) is 60.7 Å². The molecule has 1 heterocycles. The van der Waals surface area contributed by atoms with Gasteiger partial charge in [0.1, 0.15) is 0 Å². The summed E-state index contributed by atoms with van der Waals surface area (Å²) in [6, 6.07) is 21.8. The Morgan fingerprint density at radius 1 is 1.08 bits per heavy atom. The maximum absolute atomic E-state index is 12.5. The Balaban J connectivity index is 1.43. The van der Waals surface area contributed by atoms with E-state index in [1.54, 1.807) is 0 Å². The monoisotopic (exact) mass is 350 g/mol. The van der Waals surface area contributed by atoms with Gasteiger partial charge in [0.05, 0.1) is 6.54 Å². The van der Waals surface area contributed by atoms with Crippen molar-refractivity contribution in [3.8, 4) is 0 Å². The summed E-state index contributed by atoms with van der Waals surface area (Å²) in [7, 11) is 0. The smallest absolute Gasteiger partial charge is 0.234 e. The minimum absolute atomic E-state index is 0.158. The normalized spacial score (nSPS) is 18.6. The second kappa shape index (κ2) is 9.54. The zero-order valence-corrected chi connectivity index (χ0v) is 15.7. The maximum Gasteiger partial charge on any atom is 0.234 e. The van der Waals surface area contributed by atoms with Gasteiger partial charge in [0.2, 0.25) is 5.91 Å². The molecule has 0 saturated carbocycles. The summed E-state index contributed by atoms with van der Waals surface area (Å²) in [5.41, 5.74) is 2.69. The van der Waals surface area contributed by atoms with Crippen molar-refractivity contribution in [3.05, 3.63) is 71.8 Å². The number of likely N-dealkylation sites (tertiary alicyclic amines) is 1. The predicted octanol–water partition coefficient (Wildman–Crippen LogP) is 3.83. The number of hydrogen-bond acceptors (Lipinski definition) is 2. The highest BCUT2D eigenvalue weighted by molar-refractivity contribution is 5.78. The van der Waals surface area contributed by atoms with Crippen LogP contribution in [0.25, 0.3) is 0 Å². The SMILES string of the molecule is C[C@H](CCc1ccccc1)NC(=O)CN1CCC[C@@H]1Cc1ccccc1. The highest BCUT2D eigenvalue weighted by Crippen LogP contribution is 2.20. The van der Waals surface area contributed by atoms with Gasteiger partial charge < -0.3 is 5.32 Å². The van der Waals surface area contributed by atoms with Crippen molar-refractivity contribution in [3.63, 3.8) is 0 Å². The molecule has 1 N–H and O–H groups in total. The Kier molecular flexibility index (Phi) is 6.84. The molecule has 2 atom stereocenters. The lowest BCUT2D eigenvalue weighted by Gasteiger charge is -2.25. The molecule has 0 aromatic heterocycles. The van der Waals surface area contributed by atoms with Crippen molar-refractivity contribution >= 4 is 5.91 Å². The van der Waals surface area contributed by atoms with E-state index in [2.05, 4.69) is 71.7 Å². The summed E-state index contributed by atoms with van der Waals surface area (Å²) in [6.07, 6.45) is 5.39. The molecule has 0 bridgehead atoms. The van der Waals surface area contributed by atoms with Crippen LogP contribution >= 0.6 is 0 Å². The molecule has 26 heavy (non-hydrogen) atoms. The van der Waals surface area contributed by atoms with E-state index >= 15 is 0 Å². The van der Waals surface area contributed by atoms with E-state index in [1.807, 2.05) is 6.07 Å². The molecule has 0 unspecified atom stereocenters. The maximum atomic E-state index is 12.5. The number of nitrogens with one attached hydrogen (secondary N) is 1. The van der Waals surface area contributed by atoms with Crippen LogP contribution in [0.4, 0.5) is 0 Å². The number of rotatable bonds is 8. The van der Waals surface area contributed by atoms with Crippen LogP contribution in [-0.2, 0) is 17.6 Å². The molecular weight excluding hydrogens is 320 g/mol. The first-order valence-electron chi connectivity index (χ1n) is 9.82. The van der Waals surface area contributed by atoms with E-state index in [0.717, 1.165) is 25.8 Å². The third-order valence-electron chi connectivity index (χ3n) is 5.28. The van der Waals surface area contributed by atoms with Gasteiger partial charge in [-0.25, -0.2) is 0 Å². The second-order valence-corrected chi connectivity index (χ2v) is 7.45. The summed E-state index contributed by atoms with van der Waals surface area (Å²) in [4.78, 5) is 14.8. The molecule has 3 nitrogen and oxygen atoms in total. The van der Waals surface area contributed by atoms with Gasteiger partial charge in [-0.2, -0.15) is 0 Å². The van der Waals surface area contributed by atoms with Crippen LogP contribution in [0.1, 0.15) is 37.3 Å². The lowest BCUT2D eigenvalue weighted by molar-refractivity contribution is -0.123. The lowest BCUT2D eigenvalue weighted by atomic mass is 10.0. The van der Waals surface area contributed by atoms with E-state index in [9.17, 15) is 4.79 Å². The highest BCUT2D eigenvalue weighted by atomic mass is 16.2.